The van der Waals surface area contributed by atoms with E-state index in [1.807, 2.05) is 0 Å². The van der Waals surface area contributed by atoms with Crippen molar-refractivity contribution in [2.75, 3.05) is 13.1 Å². The minimum Gasteiger partial charge on any atom is -0.445 e. The Morgan fingerprint density at radius 3 is 2.29 bits per heavy atom. The molecule has 0 aromatic carbocycles. The summed E-state index contributed by atoms with van der Waals surface area (Å²) in [4.78, 5) is 65.7. The molecule has 0 radical (unpaired) electrons. The van der Waals surface area contributed by atoms with Crippen LogP contribution in [-0.4, -0.2) is 81.5 Å². The van der Waals surface area contributed by atoms with Crippen molar-refractivity contribution in [3.63, 3.8) is 0 Å². The van der Waals surface area contributed by atoms with Crippen LogP contribution in [0, 0.1) is 5.92 Å². The van der Waals surface area contributed by atoms with Gasteiger partial charge in [-0.15, -0.1) is 6.58 Å². The summed E-state index contributed by atoms with van der Waals surface area (Å²) in [6.07, 6.45) is 6.68. The molecule has 3 N–H and O–H groups in total. The quantitative estimate of drug-likeness (QED) is 0.398. The lowest BCUT2D eigenvalue weighted by Crippen LogP contribution is -2.58. The van der Waals surface area contributed by atoms with E-state index in [4.69, 9.17) is 10.5 Å². The Labute approximate surface area is 204 Å². The lowest BCUT2D eigenvalue weighted by molar-refractivity contribution is -0.149. The van der Waals surface area contributed by atoms with E-state index in [9.17, 15) is 24.0 Å². The number of nitrogens with zero attached hydrogens (tertiary/aromatic N) is 3. The standard InChI is InChI=1S/C24H33N5O6/c1-3-15-14-24(15,22(25)33)26-20(31)17-10-7-12-27(17)21(32)18-11-13-28(19(30)4-2)29(18)23(34)35-16-8-5-6-9-16/h3-4,15-18H,1-2,5-14H2,(H2,25,33)(H,26,31). The number of hydrazine groups is 1. The molecule has 4 rings (SSSR count). The van der Waals surface area contributed by atoms with Crippen LogP contribution in [-0.2, 0) is 23.9 Å². The van der Waals surface area contributed by atoms with Crippen molar-refractivity contribution in [3.05, 3.63) is 25.3 Å². The molecule has 2 aliphatic heterocycles. The maximum atomic E-state index is 13.6. The molecule has 0 aromatic heterocycles. The molecule has 190 valence electrons. The summed E-state index contributed by atoms with van der Waals surface area (Å²) in [5.41, 5.74) is 4.36. The van der Waals surface area contributed by atoms with Crippen LogP contribution in [0.2, 0.25) is 0 Å². The predicted octanol–water partition coefficient (Wildman–Crippen LogP) is 0.607. The van der Waals surface area contributed by atoms with Crippen molar-refractivity contribution in [3.8, 4) is 0 Å². The Bertz CT molecular complexity index is 947. The average Bonchev–Trinajstić information content (AvgIpc) is 3.32. The van der Waals surface area contributed by atoms with Gasteiger partial charge in [-0.2, -0.15) is 0 Å². The molecule has 0 spiro atoms. The first-order valence-electron chi connectivity index (χ1n) is 12.2. The summed E-state index contributed by atoms with van der Waals surface area (Å²) in [6.45, 7) is 7.64. The number of likely N-dealkylation sites (tertiary alicyclic amines) is 1. The topological polar surface area (TPSA) is 142 Å². The van der Waals surface area contributed by atoms with Crippen LogP contribution >= 0.6 is 0 Å². The Morgan fingerprint density at radius 1 is 0.971 bits per heavy atom. The molecule has 35 heavy (non-hydrogen) atoms. The van der Waals surface area contributed by atoms with Crippen molar-refractivity contribution >= 4 is 29.7 Å². The van der Waals surface area contributed by atoms with Gasteiger partial charge in [-0.25, -0.2) is 14.8 Å². The van der Waals surface area contributed by atoms with E-state index in [0.717, 1.165) is 36.8 Å². The van der Waals surface area contributed by atoms with Crippen molar-refractivity contribution in [2.24, 2.45) is 11.7 Å². The van der Waals surface area contributed by atoms with Gasteiger partial charge in [0.1, 0.15) is 23.7 Å². The van der Waals surface area contributed by atoms with E-state index < -0.39 is 47.3 Å². The van der Waals surface area contributed by atoms with Crippen molar-refractivity contribution in [2.45, 2.75) is 75.1 Å². The monoisotopic (exact) mass is 487 g/mol. The molecule has 2 aliphatic carbocycles. The first-order valence-corrected chi connectivity index (χ1v) is 12.2. The molecule has 2 saturated carbocycles. The van der Waals surface area contributed by atoms with Crippen LogP contribution in [0.25, 0.3) is 0 Å². The maximum absolute atomic E-state index is 13.6. The molecular weight excluding hydrogens is 454 g/mol. The summed E-state index contributed by atoms with van der Waals surface area (Å²) < 4.78 is 5.61. The third kappa shape index (κ3) is 4.51. The van der Waals surface area contributed by atoms with Crippen LogP contribution in [0.15, 0.2) is 25.3 Å². The van der Waals surface area contributed by atoms with Gasteiger partial charge in [0.2, 0.25) is 17.7 Å². The lowest BCUT2D eigenvalue weighted by Gasteiger charge is -2.34. The zero-order chi connectivity index (χ0) is 25.3. The molecule has 4 unspecified atom stereocenters. The number of carbonyl (C=O) groups excluding carboxylic acids is 5. The summed E-state index contributed by atoms with van der Waals surface area (Å²) in [7, 11) is 0. The largest absolute Gasteiger partial charge is 0.445 e. The Kier molecular flexibility index (Phi) is 6.86. The van der Waals surface area contributed by atoms with Crippen molar-refractivity contribution < 1.29 is 28.7 Å². The van der Waals surface area contributed by atoms with E-state index in [-0.39, 0.29) is 25.0 Å². The van der Waals surface area contributed by atoms with E-state index >= 15 is 0 Å². The molecule has 0 bridgehead atoms. The van der Waals surface area contributed by atoms with Gasteiger partial charge in [0.25, 0.3) is 5.91 Å². The average molecular weight is 488 g/mol. The van der Waals surface area contributed by atoms with Crippen LogP contribution in [0.3, 0.4) is 0 Å². The second-order valence-corrected chi connectivity index (χ2v) is 9.67. The number of rotatable bonds is 7. The molecule has 5 amide bonds. The highest BCUT2D eigenvalue weighted by Crippen LogP contribution is 2.44. The lowest BCUT2D eigenvalue weighted by atomic mass is 10.1. The number of nitrogens with one attached hydrogen (secondary N) is 1. The fraction of sp³-hybridized carbons (Fsp3) is 0.625. The Balaban J connectivity index is 1.50. The van der Waals surface area contributed by atoms with Gasteiger partial charge >= 0.3 is 6.09 Å². The summed E-state index contributed by atoms with van der Waals surface area (Å²) in [5, 5.41) is 5.00. The summed E-state index contributed by atoms with van der Waals surface area (Å²) in [6, 6.07) is -1.78. The number of ether oxygens (including phenoxy) is 1. The van der Waals surface area contributed by atoms with Crippen LogP contribution in [0.4, 0.5) is 4.79 Å². The zero-order valence-electron chi connectivity index (χ0n) is 19.8. The maximum Gasteiger partial charge on any atom is 0.429 e. The fourth-order valence-corrected chi connectivity index (χ4v) is 5.48. The van der Waals surface area contributed by atoms with Crippen molar-refractivity contribution in [1.82, 2.24) is 20.2 Å². The Morgan fingerprint density at radius 2 is 1.69 bits per heavy atom. The third-order valence-electron chi connectivity index (χ3n) is 7.56. The molecular formula is C24H33N5O6. The molecule has 2 heterocycles. The number of hydrogen-bond acceptors (Lipinski definition) is 6. The van der Waals surface area contributed by atoms with Gasteiger partial charge in [0.15, 0.2) is 0 Å². The second kappa shape index (κ2) is 9.71. The normalized spacial score (nSPS) is 30.2. The SMILES string of the molecule is C=CC(=O)N1CCC(C(=O)N2CCCC2C(=O)NC2(C(N)=O)CC2C=C)N1C(=O)OC1CCCC1. The van der Waals surface area contributed by atoms with Crippen molar-refractivity contribution in [1.29, 1.82) is 0 Å². The van der Waals surface area contributed by atoms with Crippen LogP contribution < -0.4 is 11.1 Å². The highest BCUT2D eigenvalue weighted by Gasteiger charge is 2.59. The molecule has 4 atom stereocenters. The minimum atomic E-state index is -1.17. The first-order chi connectivity index (χ1) is 16.7. The van der Waals surface area contributed by atoms with Gasteiger partial charge in [-0.05, 0) is 57.4 Å². The van der Waals surface area contributed by atoms with E-state index in [1.54, 1.807) is 6.08 Å². The predicted molar refractivity (Wildman–Crippen MR) is 124 cm³/mol. The highest BCUT2D eigenvalue weighted by atomic mass is 16.6. The second-order valence-electron chi connectivity index (χ2n) is 9.67. The number of carbonyl (C=O) groups is 5. The number of nitrogens with two attached hydrogens (primary N) is 1. The fourth-order valence-electron chi connectivity index (χ4n) is 5.48. The third-order valence-corrected chi connectivity index (χ3v) is 7.56. The molecule has 11 nitrogen and oxygen atoms in total. The van der Waals surface area contributed by atoms with Gasteiger partial charge in [-0.3, -0.25) is 19.2 Å². The van der Waals surface area contributed by atoms with Gasteiger partial charge in [0.05, 0.1) is 0 Å². The van der Waals surface area contributed by atoms with Crippen LogP contribution in [0.1, 0.15) is 51.4 Å². The minimum absolute atomic E-state index is 0.150. The van der Waals surface area contributed by atoms with E-state index in [0.29, 0.717) is 25.8 Å². The van der Waals surface area contributed by atoms with Gasteiger partial charge in [0, 0.05) is 19.0 Å². The number of amides is 5. The highest BCUT2D eigenvalue weighted by molar-refractivity contribution is 5.98. The number of primary amides is 1. The molecule has 4 fully saturated rings. The Hall–Kier alpha value is -3.37. The van der Waals surface area contributed by atoms with E-state index in [2.05, 4.69) is 18.5 Å². The summed E-state index contributed by atoms with van der Waals surface area (Å²) >= 11 is 0. The summed E-state index contributed by atoms with van der Waals surface area (Å²) in [5.74, 6) is -2.29. The first kappa shape index (κ1) is 24.7. The smallest absolute Gasteiger partial charge is 0.429 e. The number of hydrogen-bond donors (Lipinski definition) is 2. The molecule has 0 aromatic rings. The molecule has 11 heteroatoms. The van der Waals surface area contributed by atoms with E-state index in [1.165, 1.54) is 9.91 Å². The molecule has 2 saturated heterocycles. The van der Waals surface area contributed by atoms with Gasteiger partial charge in [-0.1, -0.05) is 12.7 Å². The molecule has 4 aliphatic rings. The van der Waals surface area contributed by atoms with Gasteiger partial charge < -0.3 is 20.7 Å². The van der Waals surface area contributed by atoms with Crippen LogP contribution in [0.5, 0.6) is 0 Å². The zero-order valence-corrected chi connectivity index (χ0v) is 19.8.